The van der Waals surface area contributed by atoms with E-state index in [0.29, 0.717) is 37.3 Å². The number of carbonyl (C=O) groups is 2. The van der Waals surface area contributed by atoms with Gasteiger partial charge in [0.15, 0.2) is 0 Å². The van der Waals surface area contributed by atoms with Gasteiger partial charge in [0.05, 0.1) is 5.69 Å². The molecule has 2 heterocycles. The summed E-state index contributed by atoms with van der Waals surface area (Å²) in [6.45, 7) is 0.949. The summed E-state index contributed by atoms with van der Waals surface area (Å²) in [6, 6.07) is -0.694. The number of carbonyl (C=O) groups excluding carboxylic acids is 1. The number of nitrogens with one attached hydrogen (secondary N) is 2. The quantitative estimate of drug-likeness (QED) is 0.631. The van der Waals surface area contributed by atoms with E-state index in [2.05, 4.69) is 4.98 Å². The van der Waals surface area contributed by atoms with Crippen molar-refractivity contribution in [1.29, 1.82) is 5.41 Å². The number of nitrogens with two attached hydrogens (primary N) is 1. The summed E-state index contributed by atoms with van der Waals surface area (Å²) >= 11 is 0. The van der Waals surface area contributed by atoms with Crippen molar-refractivity contribution in [2.45, 2.75) is 18.9 Å². The van der Waals surface area contributed by atoms with Crippen molar-refractivity contribution in [1.82, 2.24) is 9.88 Å². The molecule has 0 unspecified atom stereocenters. The molecule has 2 aliphatic rings. The third-order valence-corrected chi connectivity index (χ3v) is 3.96. The van der Waals surface area contributed by atoms with Gasteiger partial charge in [-0.2, -0.15) is 0 Å². The van der Waals surface area contributed by atoms with Gasteiger partial charge in [0.1, 0.15) is 11.8 Å². The summed E-state index contributed by atoms with van der Waals surface area (Å²) in [5.41, 5.74) is 7.97. The zero-order valence-electron chi connectivity index (χ0n) is 11.3. The van der Waals surface area contributed by atoms with Crippen LogP contribution in [0.4, 0.5) is 0 Å². The predicted octanol–water partition coefficient (Wildman–Crippen LogP) is 0.232. The lowest BCUT2D eigenvalue weighted by molar-refractivity contribution is -0.142. The van der Waals surface area contributed by atoms with Gasteiger partial charge in [-0.1, -0.05) is 0 Å². The lowest BCUT2D eigenvalue weighted by atomic mass is 9.87. The van der Waals surface area contributed by atoms with E-state index in [-0.39, 0.29) is 11.5 Å². The molecule has 7 heteroatoms. The van der Waals surface area contributed by atoms with Crippen LogP contribution in [0.3, 0.4) is 0 Å². The van der Waals surface area contributed by atoms with Gasteiger partial charge >= 0.3 is 5.97 Å². The average molecular weight is 288 g/mol. The molecule has 0 saturated carbocycles. The molecule has 0 spiro atoms. The largest absolute Gasteiger partial charge is 0.480 e. The Morgan fingerprint density at radius 2 is 2.33 bits per heavy atom. The van der Waals surface area contributed by atoms with E-state index in [4.69, 9.17) is 11.1 Å². The van der Waals surface area contributed by atoms with Crippen molar-refractivity contribution in [3.8, 4) is 0 Å². The SMILES string of the molecule is N=C1C=C2c3c(c[nH]c3C1=O)C[C@@H](C(=O)O)N2CCCN. The molecule has 0 saturated heterocycles. The van der Waals surface area contributed by atoms with Crippen LogP contribution in [0.2, 0.25) is 0 Å². The average Bonchev–Trinajstić information content (AvgIpc) is 2.87. The van der Waals surface area contributed by atoms with E-state index in [0.717, 1.165) is 11.1 Å². The van der Waals surface area contributed by atoms with Gasteiger partial charge in [-0.05, 0) is 24.6 Å². The minimum absolute atomic E-state index is 0.130. The van der Waals surface area contributed by atoms with Crippen molar-refractivity contribution in [2.24, 2.45) is 5.73 Å². The third kappa shape index (κ3) is 1.97. The Labute approximate surface area is 120 Å². The van der Waals surface area contributed by atoms with E-state index >= 15 is 0 Å². The van der Waals surface area contributed by atoms with Crippen LogP contribution in [0.15, 0.2) is 12.3 Å². The summed E-state index contributed by atoms with van der Waals surface area (Å²) in [6.07, 6.45) is 4.13. The Bertz CT molecular complexity index is 674. The molecule has 0 bridgehead atoms. The number of nitrogens with zero attached hydrogens (tertiary/aromatic N) is 1. The van der Waals surface area contributed by atoms with Crippen LogP contribution in [0, 0.1) is 5.41 Å². The fraction of sp³-hybridized carbons (Fsp3) is 0.357. The Morgan fingerprint density at radius 1 is 1.57 bits per heavy atom. The summed E-state index contributed by atoms with van der Waals surface area (Å²) in [5.74, 6) is -1.27. The van der Waals surface area contributed by atoms with Crippen molar-refractivity contribution >= 4 is 23.2 Å². The van der Waals surface area contributed by atoms with Gasteiger partial charge in [-0.3, -0.25) is 10.2 Å². The van der Waals surface area contributed by atoms with Gasteiger partial charge in [-0.15, -0.1) is 0 Å². The molecule has 1 aromatic rings. The van der Waals surface area contributed by atoms with E-state index < -0.39 is 12.0 Å². The number of H-pyrrole nitrogens is 1. The summed E-state index contributed by atoms with van der Waals surface area (Å²) < 4.78 is 0. The molecule has 0 radical (unpaired) electrons. The van der Waals surface area contributed by atoms with E-state index in [9.17, 15) is 14.7 Å². The zero-order chi connectivity index (χ0) is 15.1. The first-order valence-electron chi connectivity index (χ1n) is 6.79. The number of carboxylic acids is 1. The molecule has 7 nitrogen and oxygen atoms in total. The summed E-state index contributed by atoms with van der Waals surface area (Å²) in [5, 5.41) is 17.2. The number of aliphatic carboxylic acids is 1. The van der Waals surface area contributed by atoms with Crippen LogP contribution in [0.1, 0.15) is 28.0 Å². The van der Waals surface area contributed by atoms with Gasteiger partial charge in [0.25, 0.3) is 0 Å². The first-order valence-corrected chi connectivity index (χ1v) is 6.79. The number of hydrogen-bond donors (Lipinski definition) is 4. The molecule has 0 fully saturated rings. The highest BCUT2D eigenvalue weighted by molar-refractivity contribution is 6.51. The van der Waals surface area contributed by atoms with Crippen LogP contribution in [0.25, 0.3) is 5.70 Å². The van der Waals surface area contributed by atoms with Crippen molar-refractivity contribution in [3.63, 3.8) is 0 Å². The van der Waals surface area contributed by atoms with Gasteiger partial charge in [-0.25, -0.2) is 4.79 Å². The minimum atomic E-state index is -0.912. The Morgan fingerprint density at radius 3 is 3.00 bits per heavy atom. The summed E-state index contributed by atoms with van der Waals surface area (Å²) in [4.78, 5) is 28.2. The van der Waals surface area contributed by atoms with Crippen molar-refractivity contribution < 1.29 is 14.7 Å². The minimum Gasteiger partial charge on any atom is -0.480 e. The molecule has 1 aliphatic carbocycles. The van der Waals surface area contributed by atoms with Crippen molar-refractivity contribution in [3.05, 3.63) is 29.1 Å². The zero-order valence-corrected chi connectivity index (χ0v) is 11.3. The molecule has 1 aliphatic heterocycles. The maximum absolute atomic E-state index is 12.0. The van der Waals surface area contributed by atoms with Crippen LogP contribution in [-0.4, -0.2) is 51.6 Å². The Hall–Kier alpha value is -2.41. The maximum atomic E-state index is 12.0. The highest BCUT2D eigenvalue weighted by Crippen LogP contribution is 2.37. The molecule has 0 amide bonds. The number of hydrogen-bond acceptors (Lipinski definition) is 5. The number of ketones is 1. The molecular weight excluding hydrogens is 272 g/mol. The predicted molar refractivity (Wildman–Crippen MR) is 76.3 cm³/mol. The lowest BCUT2D eigenvalue weighted by Crippen LogP contribution is -2.46. The smallest absolute Gasteiger partial charge is 0.326 e. The fourth-order valence-electron chi connectivity index (χ4n) is 2.98. The normalized spacial score (nSPS) is 20.3. The van der Waals surface area contributed by atoms with Crippen LogP contribution >= 0.6 is 0 Å². The molecular formula is C14H16N4O3. The third-order valence-electron chi connectivity index (χ3n) is 3.96. The summed E-state index contributed by atoms with van der Waals surface area (Å²) in [7, 11) is 0. The van der Waals surface area contributed by atoms with Crippen molar-refractivity contribution in [2.75, 3.05) is 13.1 Å². The van der Waals surface area contributed by atoms with E-state index in [1.165, 1.54) is 6.08 Å². The molecule has 3 rings (SSSR count). The second kappa shape index (κ2) is 4.85. The number of allylic oxidation sites excluding steroid dienone is 1. The molecule has 1 aromatic heterocycles. The highest BCUT2D eigenvalue weighted by Gasteiger charge is 2.39. The van der Waals surface area contributed by atoms with Crippen LogP contribution < -0.4 is 5.73 Å². The monoisotopic (exact) mass is 288 g/mol. The molecule has 5 N–H and O–H groups in total. The van der Waals surface area contributed by atoms with Crippen LogP contribution in [0.5, 0.6) is 0 Å². The first-order chi connectivity index (χ1) is 10.0. The lowest BCUT2D eigenvalue weighted by Gasteiger charge is -2.38. The highest BCUT2D eigenvalue weighted by atomic mass is 16.4. The van der Waals surface area contributed by atoms with E-state index in [1.807, 2.05) is 0 Å². The second-order valence-electron chi connectivity index (χ2n) is 5.23. The molecule has 21 heavy (non-hydrogen) atoms. The Kier molecular flexibility index (Phi) is 3.13. The standard InChI is InChI=1S/C14H16N4O3/c15-2-1-3-18-9-5-8(16)13(19)12-11(9)7(6-17-12)4-10(18)14(20)21/h5-6,10,16-17H,1-4,15H2,(H,20,21)/t10-/m0/s1. The van der Waals surface area contributed by atoms with Gasteiger partial charge < -0.3 is 20.7 Å². The Balaban J connectivity index is 2.12. The van der Waals surface area contributed by atoms with E-state index in [1.54, 1.807) is 11.1 Å². The second-order valence-corrected chi connectivity index (χ2v) is 5.23. The molecule has 1 atom stereocenters. The molecule has 0 aromatic carbocycles. The van der Waals surface area contributed by atoms with Gasteiger partial charge in [0, 0.05) is 30.4 Å². The number of carboxylic acid groups (broad SMARTS) is 1. The number of aromatic nitrogens is 1. The van der Waals surface area contributed by atoms with Gasteiger partial charge in [0.2, 0.25) is 5.78 Å². The maximum Gasteiger partial charge on any atom is 0.326 e. The topological polar surface area (TPSA) is 123 Å². The number of rotatable bonds is 4. The molecule has 110 valence electrons. The van der Waals surface area contributed by atoms with Crippen LogP contribution in [-0.2, 0) is 11.2 Å². The number of aromatic amines is 1. The first kappa shape index (κ1) is 13.6. The fourth-order valence-corrected chi connectivity index (χ4v) is 2.98. The number of Topliss-reactive ketones (excluding diaryl/α,β-unsaturated/α-hetero) is 1.